The molecule has 9 heteroatoms. The van der Waals surface area contributed by atoms with Crippen molar-refractivity contribution in [3.05, 3.63) is 106 Å². The van der Waals surface area contributed by atoms with Crippen LogP contribution in [0.2, 0.25) is 5.02 Å². The molecule has 35 heavy (non-hydrogen) atoms. The molecule has 4 rings (SSSR count). The van der Waals surface area contributed by atoms with Gasteiger partial charge in [0, 0.05) is 24.5 Å². The Balaban J connectivity index is 1.56. The van der Waals surface area contributed by atoms with Crippen LogP contribution in [-0.4, -0.2) is 23.9 Å². The Kier molecular flexibility index (Phi) is 6.95. The van der Waals surface area contributed by atoms with Crippen LogP contribution in [0.1, 0.15) is 32.9 Å². The van der Waals surface area contributed by atoms with E-state index in [1.807, 2.05) is 61.9 Å². The number of imidazole rings is 1. The van der Waals surface area contributed by atoms with Crippen molar-refractivity contribution in [3.8, 4) is 5.69 Å². The standard InChI is InChI=1S/C26H25ClN4O3S/c1-17-7-6-9-23(18(17)2)30-35(33,34)25-15-20(11-12-22(25)27)26(32)29-16-21-8-4-5-10-24(21)31-14-13-28-19(31)3/h4-15,30H,16H2,1-3H3,(H,29,32). The lowest BCUT2D eigenvalue weighted by molar-refractivity contribution is 0.0950. The Morgan fingerprint density at radius 2 is 1.80 bits per heavy atom. The van der Waals surface area contributed by atoms with Gasteiger partial charge in [-0.3, -0.25) is 9.52 Å². The second kappa shape index (κ2) is 9.93. The molecule has 180 valence electrons. The molecule has 1 heterocycles. The molecule has 0 bridgehead atoms. The molecule has 4 aromatic rings. The number of hydrogen-bond donors (Lipinski definition) is 2. The number of carbonyl (C=O) groups excluding carboxylic acids is 1. The fourth-order valence-corrected chi connectivity index (χ4v) is 5.37. The zero-order chi connectivity index (χ0) is 25.2. The second-order valence-corrected chi connectivity index (χ2v) is 10.2. The molecule has 7 nitrogen and oxygen atoms in total. The molecule has 0 aliphatic rings. The zero-order valence-corrected chi connectivity index (χ0v) is 21.1. The smallest absolute Gasteiger partial charge is 0.263 e. The summed E-state index contributed by atoms with van der Waals surface area (Å²) >= 11 is 6.23. The monoisotopic (exact) mass is 508 g/mol. The van der Waals surface area contributed by atoms with E-state index < -0.39 is 15.9 Å². The molecule has 3 aromatic carbocycles. The molecular formula is C26H25ClN4O3S. The van der Waals surface area contributed by atoms with Gasteiger partial charge in [0.15, 0.2) is 0 Å². The number of nitrogens with zero attached hydrogens (tertiary/aromatic N) is 2. The quantitative estimate of drug-likeness (QED) is 0.359. The Morgan fingerprint density at radius 1 is 1.03 bits per heavy atom. The van der Waals surface area contributed by atoms with Crippen LogP contribution >= 0.6 is 11.6 Å². The van der Waals surface area contributed by atoms with E-state index in [2.05, 4.69) is 15.0 Å². The van der Waals surface area contributed by atoms with Crippen molar-refractivity contribution >= 4 is 33.2 Å². The summed E-state index contributed by atoms with van der Waals surface area (Å²) in [6.45, 7) is 5.88. The van der Waals surface area contributed by atoms with E-state index in [0.717, 1.165) is 28.2 Å². The largest absolute Gasteiger partial charge is 0.348 e. The van der Waals surface area contributed by atoms with Gasteiger partial charge in [-0.2, -0.15) is 0 Å². The highest BCUT2D eigenvalue weighted by Gasteiger charge is 2.21. The van der Waals surface area contributed by atoms with Crippen molar-refractivity contribution in [2.24, 2.45) is 0 Å². The number of sulfonamides is 1. The number of anilines is 1. The minimum Gasteiger partial charge on any atom is -0.348 e. The van der Waals surface area contributed by atoms with Gasteiger partial charge in [-0.05, 0) is 67.8 Å². The third-order valence-electron chi connectivity index (χ3n) is 5.85. The maximum absolute atomic E-state index is 13.1. The van der Waals surface area contributed by atoms with Gasteiger partial charge in [-0.15, -0.1) is 0 Å². The van der Waals surface area contributed by atoms with Crippen LogP contribution in [0.3, 0.4) is 0 Å². The van der Waals surface area contributed by atoms with Crippen molar-refractivity contribution in [2.75, 3.05) is 4.72 Å². The molecule has 0 atom stereocenters. The minimum absolute atomic E-state index is 0.0280. The van der Waals surface area contributed by atoms with E-state index in [4.69, 9.17) is 11.6 Å². The summed E-state index contributed by atoms with van der Waals surface area (Å²) in [5.74, 6) is 0.412. The number of hydrogen-bond acceptors (Lipinski definition) is 4. The van der Waals surface area contributed by atoms with Gasteiger partial charge in [0.1, 0.15) is 10.7 Å². The van der Waals surface area contributed by atoms with Gasteiger partial charge in [-0.1, -0.05) is 41.9 Å². The minimum atomic E-state index is -4.02. The number of rotatable bonds is 7. The van der Waals surface area contributed by atoms with Gasteiger partial charge >= 0.3 is 0 Å². The predicted octanol–water partition coefficient (Wildman–Crippen LogP) is 5.18. The molecule has 0 unspecified atom stereocenters. The highest BCUT2D eigenvalue weighted by molar-refractivity contribution is 7.92. The first-order valence-corrected chi connectivity index (χ1v) is 12.8. The van der Waals surface area contributed by atoms with Gasteiger partial charge in [0.25, 0.3) is 15.9 Å². The highest BCUT2D eigenvalue weighted by Crippen LogP contribution is 2.27. The summed E-state index contributed by atoms with van der Waals surface area (Å²) in [5, 5.41) is 2.90. The van der Waals surface area contributed by atoms with Crippen molar-refractivity contribution in [3.63, 3.8) is 0 Å². The maximum Gasteiger partial charge on any atom is 0.263 e. The number of carbonyl (C=O) groups is 1. The third kappa shape index (κ3) is 5.23. The Hall–Kier alpha value is -3.62. The highest BCUT2D eigenvalue weighted by atomic mass is 35.5. The molecule has 0 spiro atoms. The first-order valence-electron chi connectivity index (χ1n) is 10.9. The normalized spacial score (nSPS) is 11.3. The maximum atomic E-state index is 13.1. The SMILES string of the molecule is Cc1cccc(NS(=O)(=O)c2cc(C(=O)NCc3ccccc3-n3ccnc3C)ccc2Cl)c1C. The number of nitrogens with one attached hydrogen (secondary N) is 2. The van der Waals surface area contributed by atoms with Crippen LogP contribution in [0.4, 0.5) is 5.69 Å². The predicted molar refractivity (Wildman–Crippen MR) is 138 cm³/mol. The molecule has 0 aliphatic carbocycles. The van der Waals surface area contributed by atoms with E-state index >= 15 is 0 Å². The molecule has 1 amide bonds. The van der Waals surface area contributed by atoms with Crippen molar-refractivity contribution < 1.29 is 13.2 Å². The van der Waals surface area contributed by atoms with Crippen LogP contribution in [0.15, 0.2) is 78.0 Å². The first-order chi connectivity index (χ1) is 16.7. The van der Waals surface area contributed by atoms with Gasteiger partial charge in [-0.25, -0.2) is 13.4 Å². The van der Waals surface area contributed by atoms with E-state index in [9.17, 15) is 13.2 Å². The van der Waals surface area contributed by atoms with Crippen LogP contribution in [0.25, 0.3) is 5.69 Å². The summed E-state index contributed by atoms with van der Waals surface area (Å²) < 4.78 is 30.7. The Labute approximate surface area is 209 Å². The van der Waals surface area contributed by atoms with Crippen LogP contribution in [-0.2, 0) is 16.6 Å². The van der Waals surface area contributed by atoms with E-state index in [0.29, 0.717) is 5.69 Å². The average Bonchev–Trinajstić information content (AvgIpc) is 3.26. The first kappa shape index (κ1) is 24.5. The van der Waals surface area contributed by atoms with Crippen molar-refractivity contribution in [1.82, 2.24) is 14.9 Å². The van der Waals surface area contributed by atoms with Gasteiger partial charge in [0.05, 0.1) is 16.4 Å². The molecular weight excluding hydrogens is 484 g/mol. The van der Waals surface area contributed by atoms with Gasteiger partial charge < -0.3 is 9.88 Å². The molecule has 0 saturated heterocycles. The van der Waals surface area contributed by atoms with E-state index in [-0.39, 0.29) is 22.0 Å². The lowest BCUT2D eigenvalue weighted by Crippen LogP contribution is -2.24. The Bertz CT molecular complexity index is 1510. The molecule has 0 radical (unpaired) electrons. The lowest BCUT2D eigenvalue weighted by Gasteiger charge is -2.15. The van der Waals surface area contributed by atoms with Crippen LogP contribution in [0.5, 0.6) is 0 Å². The number of amides is 1. The molecule has 0 aliphatic heterocycles. The second-order valence-electron chi connectivity index (χ2n) is 8.15. The summed E-state index contributed by atoms with van der Waals surface area (Å²) in [5.41, 5.74) is 4.21. The number of benzene rings is 3. The summed E-state index contributed by atoms with van der Waals surface area (Å²) in [7, 11) is -4.02. The molecule has 2 N–H and O–H groups in total. The average molecular weight is 509 g/mol. The molecule has 0 saturated carbocycles. The Morgan fingerprint density at radius 3 is 2.54 bits per heavy atom. The lowest BCUT2D eigenvalue weighted by atomic mass is 10.1. The number of aromatic nitrogens is 2. The molecule has 1 aromatic heterocycles. The fraction of sp³-hybridized carbons (Fsp3) is 0.154. The topological polar surface area (TPSA) is 93.1 Å². The summed E-state index contributed by atoms with van der Waals surface area (Å²) in [6, 6.07) is 17.2. The number of aryl methyl sites for hydroxylation is 2. The third-order valence-corrected chi connectivity index (χ3v) is 7.70. The number of halogens is 1. The van der Waals surface area contributed by atoms with Gasteiger partial charge in [0.2, 0.25) is 0 Å². The van der Waals surface area contributed by atoms with Crippen LogP contribution in [0, 0.1) is 20.8 Å². The van der Waals surface area contributed by atoms with Crippen molar-refractivity contribution in [2.45, 2.75) is 32.2 Å². The van der Waals surface area contributed by atoms with Crippen LogP contribution < -0.4 is 10.0 Å². The van der Waals surface area contributed by atoms with E-state index in [1.54, 1.807) is 18.3 Å². The summed E-state index contributed by atoms with van der Waals surface area (Å²) in [6.07, 6.45) is 3.57. The fourth-order valence-electron chi connectivity index (χ4n) is 3.72. The zero-order valence-electron chi connectivity index (χ0n) is 19.5. The van der Waals surface area contributed by atoms with E-state index in [1.165, 1.54) is 18.2 Å². The molecule has 0 fully saturated rings. The van der Waals surface area contributed by atoms with Crippen molar-refractivity contribution in [1.29, 1.82) is 0 Å². The number of para-hydroxylation sites is 1. The summed E-state index contributed by atoms with van der Waals surface area (Å²) in [4.78, 5) is 17.0.